The van der Waals surface area contributed by atoms with Gasteiger partial charge in [-0.25, -0.2) is 0 Å². The van der Waals surface area contributed by atoms with Crippen molar-refractivity contribution in [3.63, 3.8) is 0 Å². The number of hydrogen-bond donors (Lipinski definition) is 1. The Morgan fingerprint density at radius 2 is 2.17 bits per heavy atom. The molecule has 0 aromatic heterocycles. The number of benzene rings is 1. The summed E-state index contributed by atoms with van der Waals surface area (Å²) in [5.74, 6) is 2.39. The largest absolute Gasteiger partial charge is 0.496 e. The summed E-state index contributed by atoms with van der Waals surface area (Å²) in [4.78, 5) is 0. The number of fused-ring (bicyclic) bond motifs is 1. The zero-order valence-corrected chi connectivity index (χ0v) is 11.7. The normalized spacial score (nSPS) is 19.6. The first kappa shape index (κ1) is 13.2. The quantitative estimate of drug-likeness (QED) is 0.892. The van der Waals surface area contributed by atoms with Crippen LogP contribution in [0.15, 0.2) is 12.1 Å². The molecule has 0 bridgehead atoms. The van der Waals surface area contributed by atoms with Gasteiger partial charge in [-0.15, -0.1) is 0 Å². The van der Waals surface area contributed by atoms with Gasteiger partial charge in [0.1, 0.15) is 17.6 Å². The third-order valence-electron chi connectivity index (χ3n) is 3.61. The van der Waals surface area contributed by atoms with Crippen molar-refractivity contribution >= 4 is 0 Å². The lowest BCUT2D eigenvalue weighted by molar-refractivity contribution is 0.254. The lowest BCUT2D eigenvalue weighted by Gasteiger charge is -2.18. The molecule has 1 heterocycles. The van der Waals surface area contributed by atoms with Gasteiger partial charge in [0.15, 0.2) is 0 Å². The maximum Gasteiger partial charge on any atom is 0.123 e. The summed E-state index contributed by atoms with van der Waals surface area (Å²) in [5.41, 5.74) is 8.53. The first-order valence-corrected chi connectivity index (χ1v) is 6.63. The van der Waals surface area contributed by atoms with Gasteiger partial charge in [0.2, 0.25) is 0 Å². The van der Waals surface area contributed by atoms with Crippen molar-refractivity contribution in [2.45, 2.75) is 45.8 Å². The highest BCUT2D eigenvalue weighted by Gasteiger charge is 2.22. The summed E-state index contributed by atoms with van der Waals surface area (Å²) in [6.07, 6.45) is 2.05. The van der Waals surface area contributed by atoms with Gasteiger partial charge >= 0.3 is 0 Å². The second-order valence-electron chi connectivity index (χ2n) is 5.52. The van der Waals surface area contributed by atoms with Gasteiger partial charge in [0.25, 0.3) is 0 Å². The molecular formula is C15H23NO2. The molecule has 0 saturated heterocycles. The fourth-order valence-electron chi connectivity index (χ4n) is 2.32. The lowest BCUT2D eigenvalue weighted by atomic mass is 9.95. The maximum atomic E-state index is 6.15. The molecule has 3 heteroatoms. The van der Waals surface area contributed by atoms with Crippen molar-refractivity contribution in [1.29, 1.82) is 0 Å². The Morgan fingerprint density at radius 1 is 1.44 bits per heavy atom. The smallest absolute Gasteiger partial charge is 0.123 e. The molecule has 2 unspecified atom stereocenters. The lowest BCUT2D eigenvalue weighted by Crippen LogP contribution is -2.28. The molecule has 1 aliphatic rings. The van der Waals surface area contributed by atoms with E-state index in [1.54, 1.807) is 7.11 Å². The summed E-state index contributed by atoms with van der Waals surface area (Å²) < 4.78 is 11.3. The average Bonchev–Trinajstić information content (AvgIpc) is 2.66. The molecular weight excluding hydrogens is 226 g/mol. The molecule has 2 N–H and O–H groups in total. The second kappa shape index (κ2) is 5.19. The van der Waals surface area contributed by atoms with Crippen molar-refractivity contribution < 1.29 is 9.47 Å². The Balaban J connectivity index is 2.27. The topological polar surface area (TPSA) is 44.5 Å². The van der Waals surface area contributed by atoms with E-state index < -0.39 is 0 Å². The molecule has 0 spiro atoms. The molecule has 3 nitrogen and oxygen atoms in total. The first-order chi connectivity index (χ1) is 8.51. The van der Waals surface area contributed by atoms with E-state index in [4.69, 9.17) is 15.2 Å². The Labute approximate surface area is 109 Å². The van der Waals surface area contributed by atoms with Crippen molar-refractivity contribution in [3.05, 3.63) is 23.3 Å². The first-order valence-electron chi connectivity index (χ1n) is 6.63. The summed E-state index contributed by atoms with van der Waals surface area (Å²) >= 11 is 0. The van der Waals surface area contributed by atoms with Crippen molar-refractivity contribution in [1.82, 2.24) is 0 Å². The number of rotatable bonds is 4. The van der Waals surface area contributed by atoms with E-state index >= 15 is 0 Å². The van der Waals surface area contributed by atoms with Gasteiger partial charge in [-0.3, -0.25) is 0 Å². The van der Waals surface area contributed by atoms with Crippen molar-refractivity contribution in [2.24, 2.45) is 11.7 Å². The van der Waals surface area contributed by atoms with Gasteiger partial charge in [-0.05, 0) is 37.0 Å². The maximum absolute atomic E-state index is 6.15. The van der Waals surface area contributed by atoms with Crippen LogP contribution < -0.4 is 15.2 Å². The van der Waals surface area contributed by atoms with Gasteiger partial charge in [0.05, 0.1) is 7.11 Å². The van der Waals surface area contributed by atoms with Crippen LogP contribution in [-0.2, 0) is 12.8 Å². The van der Waals surface area contributed by atoms with Crippen LogP contribution in [0.3, 0.4) is 0 Å². The molecule has 18 heavy (non-hydrogen) atoms. The minimum Gasteiger partial charge on any atom is -0.496 e. The standard InChI is InChI=1S/C15H23NO2/c1-9(2)13(16)6-12-8-15-11(5-10(3)18-15)7-14(12)17-4/h7-10,13H,5-6,16H2,1-4H3. The molecule has 1 aromatic rings. The van der Waals surface area contributed by atoms with Gasteiger partial charge in [0, 0.05) is 18.0 Å². The Hall–Kier alpha value is -1.22. The Bertz CT molecular complexity index is 429. The molecule has 1 aliphatic heterocycles. The summed E-state index contributed by atoms with van der Waals surface area (Å²) in [5, 5.41) is 0. The summed E-state index contributed by atoms with van der Waals surface area (Å²) in [6, 6.07) is 4.34. The van der Waals surface area contributed by atoms with Crippen LogP contribution in [0, 0.1) is 5.92 Å². The predicted octanol–water partition coefficient (Wildman–Crippen LogP) is 2.54. The highest BCUT2D eigenvalue weighted by Crippen LogP contribution is 2.35. The number of methoxy groups -OCH3 is 1. The fraction of sp³-hybridized carbons (Fsp3) is 0.600. The fourth-order valence-corrected chi connectivity index (χ4v) is 2.32. The molecule has 100 valence electrons. The van der Waals surface area contributed by atoms with E-state index in [-0.39, 0.29) is 12.1 Å². The van der Waals surface area contributed by atoms with Crippen LogP contribution in [0.2, 0.25) is 0 Å². The second-order valence-corrected chi connectivity index (χ2v) is 5.52. The highest BCUT2D eigenvalue weighted by molar-refractivity contribution is 5.49. The molecule has 0 fully saturated rings. The predicted molar refractivity (Wildman–Crippen MR) is 73.3 cm³/mol. The van der Waals surface area contributed by atoms with Crippen LogP contribution in [0.5, 0.6) is 11.5 Å². The molecule has 0 saturated carbocycles. The van der Waals surface area contributed by atoms with Crippen LogP contribution in [0.1, 0.15) is 31.9 Å². The third-order valence-corrected chi connectivity index (χ3v) is 3.61. The van der Waals surface area contributed by atoms with Crippen LogP contribution >= 0.6 is 0 Å². The average molecular weight is 249 g/mol. The van der Waals surface area contributed by atoms with Crippen molar-refractivity contribution in [2.75, 3.05) is 7.11 Å². The SMILES string of the molecule is COc1cc2c(cc1CC(N)C(C)C)OC(C)C2. The van der Waals surface area contributed by atoms with E-state index in [1.807, 2.05) is 0 Å². The van der Waals surface area contributed by atoms with Gasteiger partial charge < -0.3 is 15.2 Å². The van der Waals surface area contributed by atoms with E-state index in [0.717, 1.165) is 29.9 Å². The Morgan fingerprint density at radius 3 is 2.78 bits per heavy atom. The van der Waals surface area contributed by atoms with Gasteiger partial charge in [-0.2, -0.15) is 0 Å². The number of ether oxygens (including phenoxy) is 2. The number of nitrogens with two attached hydrogens (primary N) is 1. The molecule has 2 rings (SSSR count). The molecule has 2 atom stereocenters. The molecule has 1 aromatic carbocycles. The molecule has 0 amide bonds. The Kier molecular flexibility index (Phi) is 3.81. The minimum atomic E-state index is 0.149. The van der Waals surface area contributed by atoms with E-state index in [0.29, 0.717) is 5.92 Å². The molecule has 0 aliphatic carbocycles. The minimum absolute atomic E-state index is 0.149. The summed E-state index contributed by atoms with van der Waals surface area (Å²) in [6.45, 7) is 6.37. The van der Waals surface area contributed by atoms with Crippen LogP contribution in [0.25, 0.3) is 0 Å². The van der Waals surface area contributed by atoms with Crippen LogP contribution in [-0.4, -0.2) is 19.3 Å². The van der Waals surface area contributed by atoms with E-state index in [9.17, 15) is 0 Å². The number of hydrogen-bond acceptors (Lipinski definition) is 3. The zero-order valence-electron chi connectivity index (χ0n) is 11.7. The summed E-state index contributed by atoms with van der Waals surface area (Å²) in [7, 11) is 1.71. The van der Waals surface area contributed by atoms with E-state index in [1.165, 1.54) is 5.56 Å². The zero-order chi connectivity index (χ0) is 13.3. The van der Waals surface area contributed by atoms with Crippen molar-refractivity contribution in [3.8, 4) is 11.5 Å². The molecule has 0 radical (unpaired) electrons. The monoisotopic (exact) mass is 249 g/mol. The highest BCUT2D eigenvalue weighted by atomic mass is 16.5. The van der Waals surface area contributed by atoms with Crippen LogP contribution in [0.4, 0.5) is 0 Å². The van der Waals surface area contributed by atoms with E-state index in [2.05, 4.69) is 32.9 Å². The third kappa shape index (κ3) is 2.61. The van der Waals surface area contributed by atoms with Gasteiger partial charge in [-0.1, -0.05) is 13.8 Å².